The summed E-state index contributed by atoms with van der Waals surface area (Å²) in [6, 6.07) is 2.55. The molecule has 4 heterocycles. The van der Waals surface area contributed by atoms with Gasteiger partial charge in [-0.1, -0.05) is 0 Å². The van der Waals surface area contributed by atoms with Gasteiger partial charge in [0, 0.05) is 57.7 Å². The molecule has 0 N–H and O–H groups in total. The maximum absolute atomic E-state index is 4.67. The molecule has 2 aliphatic heterocycles. The van der Waals surface area contributed by atoms with E-state index in [1.54, 1.807) is 17.1 Å². The van der Waals surface area contributed by atoms with Crippen molar-refractivity contribution >= 4 is 5.82 Å². The molecule has 7 heteroatoms. The van der Waals surface area contributed by atoms with Crippen molar-refractivity contribution in [1.29, 1.82) is 0 Å². The van der Waals surface area contributed by atoms with E-state index in [0.29, 0.717) is 6.04 Å². The molecule has 2 fully saturated rings. The Morgan fingerprint density at radius 3 is 2.55 bits per heavy atom. The predicted molar refractivity (Wildman–Crippen MR) is 84.2 cm³/mol. The molecular weight excluding hydrogens is 278 g/mol. The van der Waals surface area contributed by atoms with Gasteiger partial charge in [0.25, 0.3) is 0 Å². The van der Waals surface area contributed by atoms with Crippen molar-refractivity contribution in [3.63, 3.8) is 0 Å². The van der Waals surface area contributed by atoms with E-state index in [1.165, 1.54) is 26.2 Å². The van der Waals surface area contributed by atoms with Crippen LogP contribution in [0.1, 0.15) is 0 Å². The highest BCUT2D eigenvalue weighted by atomic mass is 15.4. The molecule has 116 valence electrons. The maximum atomic E-state index is 4.67. The van der Waals surface area contributed by atoms with E-state index in [2.05, 4.69) is 36.8 Å². The number of hydrogen-bond donors (Lipinski definition) is 0. The molecule has 2 aromatic heterocycles. The van der Waals surface area contributed by atoms with Gasteiger partial charge in [-0.05, 0) is 13.1 Å². The first-order valence-corrected chi connectivity index (χ1v) is 7.79. The SMILES string of the molecule is CN1CCN(C2CN(c3cncc(-n4cccn4)n3)C2)CC1. The third-order valence-corrected chi connectivity index (χ3v) is 4.59. The Hall–Kier alpha value is -1.99. The monoisotopic (exact) mass is 299 g/mol. The fourth-order valence-corrected chi connectivity index (χ4v) is 3.07. The van der Waals surface area contributed by atoms with Crippen molar-refractivity contribution in [1.82, 2.24) is 29.5 Å². The lowest BCUT2D eigenvalue weighted by Crippen LogP contribution is -2.63. The lowest BCUT2D eigenvalue weighted by Gasteiger charge is -2.48. The van der Waals surface area contributed by atoms with Gasteiger partial charge in [0.15, 0.2) is 5.82 Å². The lowest BCUT2D eigenvalue weighted by atomic mass is 10.1. The number of hydrogen-bond acceptors (Lipinski definition) is 6. The largest absolute Gasteiger partial charge is 0.352 e. The zero-order chi connectivity index (χ0) is 14.9. The van der Waals surface area contributed by atoms with Gasteiger partial charge in [0.05, 0.1) is 12.4 Å². The molecule has 0 amide bonds. The van der Waals surface area contributed by atoms with E-state index in [0.717, 1.165) is 24.7 Å². The summed E-state index contributed by atoms with van der Waals surface area (Å²) in [6.07, 6.45) is 7.22. The second-order valence-electron chi connectivity index (χ2n) is 6.08. The van der Waals surface area contributed by atoms with Crippen LogP contribution in [0, 0.1) is 0 Å². The molecule has 2 aliphatic rings. The summed E-state index contributed by atoms with van der Waals surface area (Å²) in [5.41, 5.74) is 0. The molecule has 2 saturated heterocycles. The van der Waals surface area contributed by atoms with E-state index in [4.69, 9.17) is 0 Å². The van der Waals surface area contributed by atoms with Crippen LogP contribution in [0.3, 0.4) is 0 Å². The molecule has 0 aliphatic carbocycles. The molecule has 0 radical (unpaired) electrons. The van der Waals surface area contributed by atoms with Crippen LogP contribution in [0.2, 0.25) is 0 Å². The van der Waals surface area contributed by atoms with Crippen LogP contribution in [0.4, 0.5) is 5.82 Å². The molecule has 0 saturated carbocycles. The number of nitrogens with zero attached hydrogens (tertiary/aromatic N) is 7. The Morgan fingerprint density at radius 1 is 1.05 bits per heavy atom. The Bertz CT molecular complexity index is 613. The van der Waals surface area contributed by atoms with Gasteiger partial charge in [0.2, 0.25) is 0 Å². The molecule has 2 aromatic rings. The Morgan fingerprint density at radius 2 is 1.82 bits per heavy atom. The maximum Gasteiger partial charge on any atom is 0.173 e. The molecule has 22 heavy (non-hydrogen) atoms. The van der Waals surface area contributed by atoms with Crippen molar-refractivity contribution in [2.45, 2.75) is 6.04 Å². The normalized spacial score (nSPS) is 21.0. The second-order valence-corrected chi connectivity index (χ2v) is 6.08. The van der Waals surface area contributed by atoms with Crippen LogP contribution in [-0.4, -0.2) is 81.9 Å². The van der Waals surface area contributed by atoms with Crippen molar-refractivity contribution < 1.29 is 0 Å². The van der Waals surface area contributed by atoms with Crippen molar-refractivity contribution in [2.75, 3.05) is 51.2 Å². The molecule has 0 spiro atoms. The van der Waals surface area contributed by atoms with Crippen LogP contribution >= 0.6 is 0 Å². The molecule has 0 unspecified atom stereocenters. The number of rotatable bonds is 3. The predicted octanol–water partition coefficient (Wildman–Crippen LogP) is 0.0983. The first kappa shape index (κ1) is 13.7. The highest BCUT2D eigenvalue weighted by Crippen LogP contribution is 2.22. The van der Waals surface area contributed by atoms with Gasteiger partial charge in [-0.25, -0.2) is 9.67 Å². The van der Waals surface area contributed by atoms with Crippen molar-refractivity contribution in [3.05, 3.63) is 30.9 Å². The number of anilines is 1. The van der Waals surface area contributed by atoms with Crippen molar-refractivity contribution in [3.8, 4) is 5.82 Å². The number of piperazine rings is 1. The minimum absolute atomic E-state index is 0.656. The van der Waals surface area contributed by atoms with Gasteiger partial charge in [0.1, 0.15) is 5.82 Å². The van der Waals surface area contributed by atoms with Gasteiger partial charge in [-0.15, -0.1) is 0 Å². The van der Waals surface area contributed by atoms with Gasteiger partial charge >= 0.3 is 0 Å². The first-order chi connectivity index (χ1) is 10.8. The summed E-state index contributed by atoms with van der Waals surface area (Å²) in [4.78, 5) is 16.3. The Balaban J connectivity index is 1.40. The summed E-state index contributed by atoms with van der Waals surface area (Å²) in [5, 5.41) is 4.21. The van der Waals surface area contributed by atoms with Crippen LogP contribution < -0.4 is 4.90 Å². The van der Waals surface area contributed by atoms with Crippen LogP contribution in [0.25, 0.3) is 5.82 Å². The number of likely N-dealkylation sites (N-methyl/N-ethyl adjacent to an activating group) is 1. The van der Waals surface area contributed by atoms with Crippen LogP contribution in [-0.2, 0) is 0 Å². The molecule has 0 atom stereocenters. The fourth-order valence-electron chi connectivity index (χ4n) is 3.07. The summed E-state index contributed by atoms with van der Waals surface area (Å²) in [5.74, 6) is 1.71. The van der Waals surface area contributed by atoms with E-state index >= 15 is 0 Å². The number of aromatic nitrogens is 4. The third-order valence-electron chi connectivity index (χ3n) is 4.59. The Kier molecular flexibility index (Phi) is 3.51. The molecular formula is C15H21N7. The smallest absolute Gasteiger partial charge is 0.173 e. The van der Waals surface area contributed by atoms with Gasteiger partial charge < -0.3 is 9.80 Å². The molecule has 0 bridgehead atoms. The molecule has 7 nitrogen and oxygen atoms in total. The van der Waals surface area contributed by atoms with E-state index in [9.17, 15) is 0 Å². The lowest BCUT2D eigenvalue weighted by molar-refractivity contribution is 0.0960. The highest BCUT2D eigenvalue weighted by molar-refractivity contribution is 5.43. The van der Waals surface area contributed by atoms with Gasteiger partial charge in [-0.3, -0.25) is 9.88 Å². The topological polar surface area (TPSA) is 53.3 Å². The summed E-state index contributed by atoms with van der Waals surface area (Å²) in [6.45, 7) is 6.78. The minimum Gasteiger partial charge on any atom is -0.352 e. The summed E-state index contributed by atoms with van der Waals surface area (Å²) < 4.78 is 1.74. The average Bonchev–Trinajstić information content (AvgIpc) is 3.02. The fraction of sp³-hybridized carbons (Fsp3) is 0.533. The van der Waals surface area contributed by atoms with Crippen LogP contribution in [0.15, 0.2) is 30.9 Å². The minimum atomic E-state index is 0.656. The highest BCUT2D eigenvalue weighted by Gasteiger charge is 2.33. The van der Waals surface area contributed by atoms with Crippen molar-refractivity contribution in [2.24, 2.45) is 0 Å². The summed E-state index contributed by atoms with van der Waals surface area (Å²) >= 11 is 0. The average molecular weight is 299 g/mol. The zero-order valence-corrected chi connectivity index (χ0v) is 12.8. The summed E-state index contributed by atoms with van der Waals surface area (Å²) in [7, 11) is 2.20. The van der Waals surface area contributed by atoms with E-state index in [-0.39, 0.29) is 0 Å². The second kappa shape index (κ2) is 5.66. The Labute approximate surface area is 130 Å². The zero-order valence-electron chi connectivity index (χ0n) is 12.8. The quantitative estimate of drug-likeness (QED) is 0.801. The first-order valence-electron chi connectivity index (χ1n) is 7.79. The van der Waals surface area contributed by atoms with Gasteiger partial charge in [-0.2, -0.15) is 5.10 Å². The molecule has 4 rings (SSSR count). The van der Waals surface area contributed by atoms with E-state index < -0.39 is 0 Å². The third kappa shape index (κ3) is 2.57. The standard InChI is InChI=1S/C15H21N7/c1-19-5-7-20(8-6-19)13-11-21(12-13)14-9-16-10-15(18-14)22-4-2-3-17-22/h2-4,9-10,13H,5-8,11-12H2,1H3. The van der Waals surface area contributed by atoms with Crippen LogP contribution in [0.5, 0.6) is 0 Å². The van der Waals surface area contributed by atoms with E-state index in [1.807, 2.05) is 18.5 Å². The molecule has 0 aromatic carbocycles.